The van der Waals surface area contributed by atoms with Gasteiger partial charge in [-0.2, -0.15) is 11.8 Å². The number of thioether (sulfide) groups is 1. The van der Waals surface area contributed by atoms with Crippen LogP contribution >= 0.6 is 23.4 Å². The topological polar surface area (TPSA) is 29.3 Å². The van der Waals surface area contributed by atoms with E-state index in [1.165, 1.54) is 11.3 Å². The zero-order valence-electron chi connectivity index (χ0n) is 11.4. The molecule has 1 aromatic carbocycles. The lowest BCUT2D eigenvalue weighted by Crippen LogP contribution is -2.34. The highest BCUT2D eigenvalue weighted by Crippen LogP contribution is 2.29. The Hall–Kier alpha value is -0.380. The monoisotopic (exact) mass is 286 g/mol. The van der Waals surface area contributed by atoms with E-state index < -0.39 is 0 Å². The van der Waals surface area contributed by atoms with Gasteiger partial charge in [0.05, 0.1) is 0 Å². The zero-order valence-corrected chi connectivity index (χ0v) is 13.0. The summed E-state index contributed by atoms with van der Waals surface area (Å²) in [5.41, 5.74) is 8.07. The van der Waals surface area contributed by atoms with Crippen LogP contribution < -0.4 is 10.6 Å². The first-order valence-corrected chi connectivity index (χ1v) is 8.12. The van der Waals surface area contributed by atoms with Gasteiger partial charge in [-0.3, -0.25) is 0 Å². The highest BCUT2D eigenvalue weighted by Gasteiger charge is 2.16. The second-order valence-corrected chi connectivity index (χ2v) is 5.72. The molecule has 0 bridgehead atoms. The molecular formula is C14H23ClN2S. The van der Waals surface area contributed by atoms with Crippen LogP contribution in [0.3, 0.4) is 0 Å². The maximum atomic E-state index is 6.29. The van der Waals surface area contributed by atoms with Gasteiger partial charge in [-0.25, -0.2) is 0 Å². The summed E-state index contributed by atoms with van der Waals surface area (Å²) in [5, 5.41) is 0.823. The van der Waals surface area contributed by atoms with Crippen LogP contribution in [0.25, 0.3) is 0 Å². The minimum absolute atomic E-state index is 0.537. The van der Waals surface area contributed by atoms with Crippen LogP contribution in [0.1, 0.15) is 18.9 Å². The van der Waals surface area contributed by atoms with Gasteiger partial charge in [0.1, 0.15) is 0 Å². The quantitative estimate of drug-likeness (QED) is 0.833. The third kappa shape index (κ3) is 3.81. The first-order chi connectivity index (χ1) is 8.65. The molecule has 102 valence electrons. The van der Waals surface area contributed by atoms with E-state index >= 15 is 0 Å². The van der Waals surface area contributed by atoms with Crippen molar-refractivity contribution < 1.29 is 0 Å². The van der Waals surface area contributed by atoms with Gasteiger partial charge in [-0.05, 0) is 43.3 Å². The van der Waals surface area contributed by atoms with Crippen LogP contribution in [0.2, 0.25) is 5.02 Å². The molecule has 0 aromatic heterocycles. The van der Waals surface area contributed by atoms with Crippen molar-refractivity contribution in [2.75, 3.05) is 30.5 Å². The molecule has 1 rings (SSSR count). The molecule has 18 heavy (non-hydrogen) atoms. The summed E-state index contributed by atoms with van der Waals surface area (Å²) in [6, 6.07) is 6.63. The molecule has 0 spiro atoms. The number of benzene rings is 1. The van der Waals surface area contributed by atoms with Crippen LogP contribution in [-0.2, 0) is 6.42 Å². The molecule has 2 N–H and O–H groups in total. The summed E-state index contributed by atoms with van der Waals surface area (Å²) < 4.78 is 0. The minimum Gasteiger partial charge on any atom is -0.371 e. The number of hydrogen-bond acceptors (Lipinski definition) is 3. The molecule has 0 heterocycles. The van der Waals surface area contributed by atoms with E-state index in [1.54, 1.807) is 0 Å². The standard InChI is InChI=1S/C14H23ClN2S/c1-4-11(10-18-3)17(2)14-7-5-6-13(15)12(14)8-9-16/h5-7,11H,4,8-10,16H2,1-3H3. The molecule has 0 aliphatic heterocycles. The van der Waals surface area contributed by atoms with Gasteiger partial charge in [-0.15, -0.1) is 0 Å². The lowest BCUT2D eigenvalue weighted by molar-refractivity contribution is 0.670. The molecule has 1 unspecified atom stereocenters. The largest absolute Gasteiger partial charge is 0.371 e. The number of anilines is 1. The van der Waals surface area contributed by atoms with Gasteiger partial charge in [0, 0.05) is 29.6 Å². The summed E-state index contributed by atoms with van der Waals surface area (Å²) in [7, 11) is 2.15. The average molecular weight is 287 g/mol. The third-order valence-electron chi connectivity index (χ3n) is 3.25. The highest BCUT2D eigenvalue weighted by molar-refractivity contribution is 7.98. The molecule has 0 radical (unpaired) electrons. The van der Waals surface area contributed by atoms with Crippen LogP contribution in [0.15, 0.2) is 18.2 Å². The molecule has 0 aliphatic rings. The Kier molecular flexibility index (Phi) is 6.90. The number of nitrogens with two attached hydrogens (primary N) is 1. The van der Waals surface area contributed by atoms with Crippen molar-refractivity contribution in [3.8, 4) is 0 Å². The van der Waals surface area contributed by atoms with Crippen molar-refractivity contribution in [2.45, 2.75) is 25.8 Å². The fourth-order valence-corrected chi connectivity index (χ4v) is 3.27. The zero-order chi connectivity index (χ0) is 13.5. The van der Waals surface area contributed by atoms with E-state index in [1.807, 2.05) is 23.9 Å². The van der Waals surface area contributed by atoms with Gasteiger partial charge < -0.3 is 10.6 Å². The van der Waals surface area contributed by atoms with E-state index in [9.17, 15) is 0 Å². The highest BCUT2D eigenvalue weighted by atomic mass is 35.5. The summed E-state index contributed by atoms with van der Waals surface area (Å²) in [6.45, 7) is 2.86. The predicted molar refractivity (Wildman–Crippen MR) is 85.1 cm³/mol. The number of nitrogens with zero attached hydrogens (tertiary/aromatic N) is 1. The van der Waals surface area contributed by atoms with E-state index in [-0.39, 0.29) is 0 Å². The first kappa shape index (κ1) is 15.7. The Bertz CT molecular complexity index is 371. The van der Waals surface area contributed by atoms with Crippen molar-refractivity contribution in [1.82, 2.24) is 0 Å². The second kappa shape index (κ2) is 7.93. The van der Waals surface area contributed by atoms with E-state index in [4.69, 9.17) is 17.3 Å². The Labute approximate surface area is 120 Å². The molecule has 0 amide bonds. The molecule has 0 aliphatic carbocycles. The lowest BCUT2D eigenvalue weighted by atomic mass is 10.1. The Morgan fingerprint density at radius 3 is 2.72 bits per heavy atom. The molecule has 1 aromatic rings. The summed E-state index contributed by atoms with van der Waals surface area (Å²) in [6.07, 6.45) is 4.11. The maximum absolute atomic E-state index is 6.29. The second-order valence-electron chi connectivity index (χ2n) is 4.40. The Balaban J connectivity index is 3.03. The fraction of sp³-hybridized carbons (Fsp3) is 0.571. The Morgan fingerprint density at radius 2 is 2.17 bits per heavy atom. The van der Waals surface area contributed by atoms with E-state index in [0.717, 1.165) is 23.6 Å². The Morgan fingerprint density at radius 1 is 1.44 bits per heavy atom. The summed E-state index contributed by atoms with van der Waals surface area (Å²) >= 11 is 8.17. The minimum atomic E-state index is 0.537. The molecule has 0 fully saturated rings. The van der Waals surface area contributed by atoms with Gasteiger partial charge in [0.25, 0.3) is 0 Å². The van der Waals surface area contributed by atoms with E-state index in [0.29, 0.717) is 12.6 Å². The molecular weight excluding hydrogens is 264 g/mol. The van der Waals surface area contributed by atoms with Crippen LogP contribution in [-0.4, -0.2) is 31.6 Å². The van der Waals surface area contributed by atoms with E-state index in [2.05, 4.69) is 31.2 Å². The molecule has 4 heteroatoms. The van der Waals surface area contributed by atoms with Gasteiger partial charge in [0.15, 0.2) is 0 Å². The number of halogens is 1. The normalized spacial score (nSPS) is 12.5. The van der Waals surface area contributed by atoms with Crippen LogP contribution in [0.4, 0.5) is 5.69 Å². The molecule has 1 atom stereocenters. The summed E-state index contributed by atoms with van der Waals surface area (Å²) in [5.74, 6) is 1.13. The molecule has 0 saturated carbocycles. The SMILES string of the molecule is CCC(CSC)N(C)c1cccc(Cl)c1CCN. The van der Waals surface area contributed by atoms with Crippen molar-refractivity contribution in [3.05, 3.63) is 28.8 Å². The fourth-order valence-electron chi connectivity index (χ4n) is 2.16. The average Bonchev–Trinajstić information content (AvgIpc) is 2.37. The van der Waals surface area contributed by atoms with Crippen LogP contribution in [0, 0.1) is 0 Å². The first-order valence-electron chi connectivity index (χ1n) is 6.34. The van der Waals surface area contributed by atoms with Crippen LogP contribution in [0.5, 0.6) is 0 Å². The van der Waals surface area contributed by atoms with Crippen molar-refractivity contribution in [2.24, 2.45) is 5.73 Å². The smallest absolute Gasteiger partial charge is 0.0459 e. The summed E-state index contributed by atoms with van der Waals surface area (Å²) in [4.78, 5) is 2.34. The van der Waals surface area contributed by atoms with Crippen molar-refractivity contribution >= 4 is 29.1 Å². The van der Waals surface area contributed by atoms with Gasteiger partial charge >= 0.3 is 0 Å². The van der Waals surface area contributed by atoms with Crippen molar-refractivity contribution in [3.63, 3.8) is 0 Å². The lowest BCUT2D eigenvalue weighted by Gasteiger charge is -2.31. The third-order valence-corrected chi connectivity index (χ3v) is 4.32. The van der Waals surface area contributed by atoms with Crippen molar-refractivity contribution in [1.29, 1.82) is 0 Å². The molecule has 2 nitrogen and oxygen atoms in total. The number of rotatable bonds is 7. The predicted octanol–water partition coefficient (Wildman–Crippen LogP) is 3.42. The molecule has 0 saturated heterocycles. The maximum Gasteiger partial charge on any atom is 0.0459 e. The van der Waals surface area contributed by atoms with Gasteiger partial charge in [0.2, 0.25) is 0 Å². The van der Waals surface area contributed by atoms with Gasteiger partial charge in [-0.1, -0.05) is 24.6 Å². The number of hydrogen-bond donors (Lipinski definition) is 1.